The van der Waals surface area contributed by atoms with Crippen molar-refractivity contribution in [3.63, 3.8) is 0 Å². The molecule has 0 unspecified atom stereocenters. The second kappa shape index (κ2) is 8.94. The Bertz CT molecular complexity index is 1210. The third-order valence-corrected chi connectivity index (χ3v) is 6.02. The largest absolute Gasteiger partial charge is 0.493 e. The van der Waals surface area contributed by atoms with Gasteiger partial charge in [0, 0.05) is 44.5 Å². The lowest BCUT2D eigenvalue weighted by molar-refractivity contribution is 0.0725. The van der Waals surface area contributed by atoms with Crippen LogP contribution < -0.4 is 19.9 Å². The summed E-state index contributed by atoms with van der Waals surface area (Å²) in [5, 5.41) is 0.990. The van der Waals surface area contributed by atoms with Crippen molar-refractivity contribution in [2.24, 2.45) is 0 Å². The molecule has 0 spiro atoms. The Morgan fingerprint density at radius 1 is 0.938 bits per heavy atom. The fourth-order valence-electron chi connectivity index (χ4n) is 4.22. The number of ether oxygens (including phenoxy) is 2. The highest BCUT2D eigenvalue weighted by Gasteiger charge is 2.24. The Balaban J connectivity index is 1.99. The second-order valence-corrected chi connectivity index (χ2v) is 8.24. The van der Waals surface area contributed by atoms with Crippen LogP contribution in [-0.2, 0) is 0 Å². The van der Waals surface area contributed by atoms with Gasteiger partial charge < -0.3 is 19.3 Å². The molecular weight excluding hydrogens is 406 g/mol. The minimum atomic E-state index is -0.216. The average molecular weight is 436 g/mol. The number of carbonyl (C=O) groups excluding carboxylic acids is 1. The van der Waals surface area contributed by atoms with Crippen molar-refractivity contribution in [1.82, 2.24) is 9.47 Å². The lowest BCUT2D eigenvalue weighted by Crippen LogP contribution is -2.36. The molecule has 0 N–H and O–H groups in total. The first kappa shape index (κ1) is 21.7. The number of anilines is 1. The highest BCUT2D eigenvalue weighted by Crippen LogP contribution is 2.33. The maximum absolute atomic E-state index is 13.6. The maximum atomic E-state index is 13.6. The number of amides is 1. The summed E-state index contributed by atoms with van der Waals surface area (Å²) >= 11 is 0. The van der Waals surface area contributed by atoms with Gasteiger partial charge in [0.25, 0.3) is 11.5 Å². The SMILES string of the molecule is COc1cc2c(C(=O)N3CCCCC3)cn(-c3cccc(N(C)C)c3)c(=O)c2cc1OC. The van der Waals surface area contributed by atoms with Gasteiger partial charge in [-0.1, -0.05) is 6.07 Å². The Morgan fingerprint density at radius 2 is 1.59 bits per heavy atom. The van der Waals surface area contributed by atoms with E-state index in [1.165, 1.54) is 7.11 Å². The lowest BCUT2D eigenvalue weighted by atomic mass is 10.0. The summed E-state index contributed by atoms with van der Waals surface area (Å²) in [5.74, 6) is 0.868. The van der Waals surface area contributed by atoms with Gasteiger partial charge >= 0.3 is 0 Å². The van der Waals surface area contributed by atoms with E-state index in [0.717, 1.165) is 38.0 Å². The monoisotopic (exact) mass is 435 g/mol. The molecule has 1 aliphatic rings. The number of benzene rings is 2. The number of likely N-dealkylation sites (tertiary alicyclic amines) is 1. The fraction of sp³-hybridized carbons (Fsp3) is 0.360. The highest BCUT2D eigenvalue weighted by atomic mass is 16.5. The third-order valence-electron chi connectivity index (χ3n) is 6.02. The number of hydrogen-bond donors (Lipinski definition) is 0. The van der Waals surface area contributed by atoms with Crippen LogP contribution in [0.5, 0.6) is 11.5 Å². The van der Waals surface area contributed by atoms with Gasteiger partial charge in [0.1, 0.15) is 0 Å². The fourth-order valence-corrected chi connectivity index (χ4v) is 4.22. The van der Waals surface area contributed by atoms with Crippen molar-refractivity contribution in [2.75, 3.05) is 46.3 Å². The van der Waals surface area contributed by atoms with Crippen LogP contribution in [0, 0.1) is 0 Å². The first-order valence-corrected chi connectivity index (χ1v) is 10.8. The molecule has 1 aromatic heterocycles. The Labute approximate surface area is 187 Å². The molecule has 168 valence electrons. The van der Waals surface area contributed by atoms with Crippen molar-refractivity contribution in [2.45, 2.75) is 19.3 Å². The molecule has 32 heavy (non-hydrogen) atoms. The van der Waals surface area contributed by atoms with Crippen LogP contribution in [0.1, 0.15) is 29.6 Å². The van der Waals surface area contributed by atoms with Crippen molar-refractivity contribution >= 4 is 22.4 Å². The Morgan fingerprint density at radius 3 is 2.22 bits per heavy atom. The Hall–Kier alpha value is -3.48. The minimum Gasteiger partial charge on any atom is -0.493 e. The van der Waals surface area contributed by atoms with Gasteiger partial charge in [-0.15, -0.1) is 0 Å². The molecule has 4 rings (SSSR count). The summed E-state index contributed by atoms with van der Waals surface area (Å²) in [6.45, 7) is 1.45. The van der Waals surface area contributed by atoms with Gasteiger partial charge in [0.15, 0.2) is 11.5 Å². The van der Waals surface area contributed by atoms with E-state index in [9.17, 15) is 9.59 Å². The molecule has 7 heteroatoms. The molecule has 2 aromatic carbocycles. The molecule has 0 bridgehead atoms. The zero-order valence-corrected chi connectivity index (χ0v) is 19.1. The second-order valence-electron chi connectivity index (χ2n) is 8.24. The van der Waals surface area contributed by atoms with Crippen LogP contribution in [0.25, 0.3) is 16.5 Å². The summed E-state index contributed by atoms with van der Waals surface area (Å²) in [4.78, 5) is 31.0. The van der Waals surface area contributed by atoms with Gasteiger partial charge in [-0.3, -0.25) is 14.2 Å². The molecule has 0 saturated carbocycles. The van der Waals surface area contributed by atoms with Gasteiger partial charge in [-0.2, -0.15) is 0 Å². The molecule has 7 nitrogen and oxygen atoms in total. The van der Waals surface area contributed by atoms with Gasteiger partial charge in [0.2, 0.25) is 0 Å². The third kappa shape index (κ3) is 3.90. The molecule has 1 fully saturated rings. The normalized spacial score (nSPS) is 13.8. The molecule has 0 aliphatic carbocycles. The van der Waals surface area contributed by atoms with E-state index in [1.807, 2.05) is 48.2 Å². The number of piperidine rings is 1. The highest BCUT2D eigenvalue weighted by molar-refractivity contribution is 6.07. The van der Waals surface area contributed by atoms with Crippen LogP contribution in [0.3, 0.4) is 0 Å². The molecule has 0 radical (unpaired) electrons. The average Bonchev–Trinajstić information content (AvgIpc) is 2.83. The predicted molar refractivity (Wildman–Crippen MR) is 127 cm³/mol. The maximum Gasteiger partial charge on any atom is 0.263 e. The topological polar surface area (TPSA) is 64.0 Å². The van der Waals surface area contributed by atoms with Crippen LogP contribution in [-0.4, -0.2) is 56.8 Å². The van der Waals surface area contributed by atoms with Gasteiger partial charge in [0.05, 0.1) is 30.9 Å². The molecule has 1 aliphatic heterocycles. The van der Waals surface area contributed by atoms with E-state index in [-0.39, 0.29) is 11.5 Å². The van der Waals surface area contributed by atoms with Crippen molar-refractivity contribution in [3.8, 4) is 17.2 Å². The van der Waals surface area contributed by atoms with E-state index < -0.39 is 0 Å². The van der Waals surface area contributed by atoms with E-state index in [4.69, 9.17) is 9.47 Å². The summed E-state index contributed by atoms with van der Waals surface area (Å²) in [5.41, 5.74) is 1.93. The number of hydrogen-bond acceptors (Lipinski definition) is 5. The van der Waals surface area contributed by atoms with Crippen LogP contribution >= 0.6 is 0 Å². The standard InChI is InChI=1S/C25H29N3O4/c1-26(2)17-9-8-10-18(13-17)28-16-21(24(29)27-11-6-5-7-12-27)19-14-22(31-3)23(32-4)15-20(19)25(28)30/h8-10,13-16H,5-7,11-12H2,1-4H3. The first-order chi connectivity index (χ1) is 15.4. The quantitative estimate of drug-likeness (QED) is 0.612. The smallest absolute Gasteiger partial charge is 0.263 e. The summed E-state index contributed by atoms with van der Waals surface area (Å²) in [6.07, 6.45) is 4.78. The van der Waals surface area contributed by atoms with E-state index in [1.54, 1.807) is 30.0 Å². The number of carbonyl (C=O) groups is 1. The first-order valence-electron chi connectivity index (χ1n) is 10.8. The summed E-state index contributed by atoms with van der Waals surface area (Å²) < 4.78 is 12.4. The number of nitrogens with zero attached hydrogens (tertiary/aromatic N) is 3. The van der Waals surface area contributed by atoms with Crippen LogP contribution in [0.2, 0.25) is 0 Å². The van der Waals surface area contributed by atoms with E-state index in [0.29, 0.717) is 33.5 Å². The number of aromatic nitrogens is 1. The van der Waals surface area contributed by atoms with Crippen molar-refractivity contribution in [1.29, 1.82) is 0 Å². The van der Waals surface area contributed by atoms with E-state index >= 15 is 0 Å². The van der Waals surface area contributed by atoms with Crippen molar-refractivity contribution < 1.29 is 14.3 Å². The molecule has 2 heterocycles. The summed E-state index contributed by atoms with van der Waals surface area (Å²) in [6, 6.07) is 11.1. The van der Waals surface area contributed by atoms with E-state index in [2.05, 4.69) is 0 Å². The molecule has 1 saturated heterocycles. The molecular formula is C25H29N3O4. The zero-order valence-electron chi connectivity index (χ0n) is 19.1. The number of pyridine rings is 1. The minimum absolute atomic E-state index is 0.0700. The predicted octanol–water partition coefficient (Wildman–Crippen LogP) is 3.70. The summed E-state index contributed by atoms with van der Waals surface area (Å²) in [7, 11) is 6.98. The van der Waals surface area contributed by atoms with Crippen LogP contribution in [0.4, 0.5) is 5.69 Å². The molecule has 0 atom stereocenters. The molecule has 1 amide bonds. The molecule has 3 aromatic rings. The van der Waals surface area contributed by atoms with Crippen molar-refractivity contribution in [3.05, 3.63) is 58.5 Å². The number of fused-ring (bicyclic) bond motifs is 1. The Kier molecular flexibility index (Phi) is 6.08. The zero-order chi connectivity index (χ0) is 22.8. The van der Waals surface area contributed by atoms with Crippen LogP contribution in [0.15, 0.2) is 47.4 Å². The van der Waals surface area contributed by atoms with Gasteiger partial charge in [-0.25, -0.2) is 0 Å². The number of methoxy groups -OCH3 is 2. The lowest BCUT2D eigenvalue weighted by Gasteiger charge is -2.27. The van der Waals surface area contributed by atoms with Gasteiger partial charge in [-0.05, 0) is 49.6 Å². The number of rotatable bonds is 5.